The minimum atomic E-state index is 0.226. The Morgan fingerprint density at radius 2 is 1.13 bits per heavy atom. The van der Waals surface area contributed by atoms with Crippen LogP contribution in [0.5, 0.6) is 0 Å². The van der Waals surface area contributed by atoms with E-state index in [2.05, 4.69) is 0 Å². The first-order chi connectivity index (χ1) is 6.77. The fourth-order valence-corrected chi connectivity index (χ4v) is 8.06. The van der Waals surface area contributed by atoms with Gasteiger partial charge in [0.2, 0.25) is 0 Å². The molecule has 4 unspecified atom stereocenters. The van der Waals surface area contributed by atoms with Gasteiger partial charge in [0.05, 0.1) is 0 Å². The summed E-state index contributed by atoms with van der Waals surface area (Å²) in [5.41, 5.74) is 0.989. The van der Waals surface area contributed by atoms with Gasteiger partial charge >= 0.3 is 0 Å². The van der Waals surface area contributed by atoms with Gasteiger partial charge in [-0.05, 0) is 17.5 Å². The van der Waals surface area contributed by atoms with Gasteiger partial charge in [-0.1, -0.05) is 13.8 Å². The fraction of sp³-hybridized carbons (Fsp3) is 0.778. The maximum Gasteiger partial charge on any atom is 0.131 e. The molecule has 0 N–H and O–H groups in total. The topological polar surface area (TPSA) is 34.1 Å². The zero-order chi connectivity index (χ0) is 12.2. The fourth-order valence-electron chi connectivity index (χ4n) is 1.90. The van der Waals surface area contributed by atoms with Gasteiger partial charge in [-0.2, -0.15) is 0 Å². The maximum absolute atomic E-state index is 11.8. The Balaban J connectivity index is 4.24. The van der Waals surface area contributed by atoms with Crippen LogP contribution < -0.4 is 0 Å². The van der Waals surface area contributed by atoms with Crippen LogP contribution in [-0.2, 0) is 9.59 Å². The second-order valence-corrected chi connectivity index (χ2v) is 11.4. The van der Waals surface area contributed by atoms with Crippen molar-refractivity contribution < 1.29 is 9.59 Å². The summed E-state index contributed by atoms with van der Waals surface area (Å²) in [5, 5.41) is 0. The summed E-state index contributed by atoms with van der Waals surface area (Å²) in [7, 11) is 3.73. The number of rotatable bonds is 6. The van der Waals surface area contributed by atoms with Crippen LogP contribution in [-0.4, -0.2) is 52.5 Å². The van der Waals surface area contributed by atoms with Gasteiger partial charge in [0.1, 0.15) is 11.6 Å². The van der Waals surface area contributed by atoms with Gasteiger partial charge in [-0.25, -0.2) is 0 Å². The third-order valence-electron chi connectivity index (χ3n) is 2.82. The first-order valence-corrected chi connectivity index (χ1v) is 10.5. The molecule has 0 heterocycles. The van der Waals surface area contributed by atoms with Crippen LogP contribution in [0.15, 0.2) is 0 Å². The van der Waals surface area contributed by atoms with Crippen LogP contribution in [0.2, 0.25) is 22.2 Å². The molecule has 0 bridgehead atoms. The van der Waals surface area contributed by atoms with Crippen LogP contribution in [0.1, 0.15) is 20.3 Å². The Morgan fingerprint density at radius 1 is 0.867 bits per heavy atom. The molecule has 6 heteroatoms. The van der Waals surface area contributed by atoms with Crippen LogP contribution in [0.3, 0.4) is 0 Å². The molecule has 0 aliphatic carbocycles. The third-order valence-corrected chi connectivity index (χ3v) is 6.04. The summed E-state index contributed by atoms with van der Waals surface area (Å²) in [6.45, 7) is 4.03. The molecule has 0 amide bonds. The molecule has 0 saturated carbocycles. The van der Waals surface area contributed by atoms with Crippen molar-refractivity contribution in [3.05, 3.63) is 0 Å². The van der Waals surface area contributed by atoms with E-state index in [1.54, 1.807) is 0 Å². The van der Waals surface area contributed by atoms with E-state index in [0.717, 1.165) is 47.4 Å². The average molecular weight is 277 g/mol. The molecule has 0 saturated heterocycles. The number of carbonyl (C=O) groups is 2. The normalized spacial score (nSPS) is 19.9. The van der Waals surface area contributed by atoms with Crippen LogP contribution in [0.25, 0.3) is 0 Å². The van der Waals surface area contributed by atoms with E-state index in [1.807, 2.05) is 13.8 Å². The van der Waals surface area contributed by atoms with Gasteiger partial charge < -0.3 is 0 Å². The molecule has 0 spiro atoms. The number of hydrogen-bond acceptors (Lipinski definition) is 2. The molecular formula is C9H24O2Si4. The summed E-state index contributed by atoms with van der Waals surface area (Å²) in [6.07, 6.45) is 0.856. The van der Waals surface area contributed by atoms with E-state index in [1.165, 1.54) is 0 Å². The van der Waals surface area contributed by atoms with Crippen molar-refractivity contribution in [2.45, 2.75) is 42.4 Å². The second kappa shape index (κ2) is 6.72. The Bertz CT molecular complexity index is 216. The molecule has 0 aromatic heterocycles. The number of carbonyl (C=O) groups excluding carboxylic acids is 2. The molecule has 2 nitrogen and oxygen atoms in total. The molecule has 0 aliphatic heterocycles. The number of hydrogen-bond donors (Lipinski definition) is 0. The highest BCUT2D eigenvalue weighted by Crippen LogP contribution is 2.25. The summed E-state index contributed by atoms with van der Waals surface area (Å²) in [4.78, 5) is 23.5. The molecule has 0 rings (SSSR count). The van der Waals surface area contributed by atoms with E-state index >= 15 is 0 Å². The van der Waals surface area contributed by atoms with E-state index in [0.29, 0.717) is 11.6 Å². The minimum absolute atomic E-state index is 0.226. The minimum Gasteiger partial charge on any atom is -0.300 e. The van der Waals surface area contributed by atoms with Crippen molar-refractivity contribution in [2.24, 2.45) is 0 Å². The summed E-state index contributed by atoms with van der Waals surface area (Å²) in [6, 6.07) is 0. The number of Topliss-reactive ketones (excluding diaryl/α,β-unsaturated/α-hetero) is 2. The lowest BCUT2D eigenvalue weighted by molar-refractivity contribution is -0.119. The Labute approximate surface area is 105 Å². The summed E-state index contributed by atoms with van der Waals surface area (Å²) < 4.78 is 0. The molecule has 0 aliphatic rings. The van der Waals surface area contributed by atoms with Crippen molar-refractivity contribution in [3.8, 4) is 0 Å². The predicted octanol–water partition coefficient (Wildman–Crippen LogP) is -2.83. The molecular weight excluding hydrogens is 252 g/mol. The monoisotopic (exact) mass is 276 g/mol. The zero-order valence-corrected chi connectivity index (χ0v) is 18.8. The first kappa shape index (κ1) is 15.2. The molecule has 0 radical (unpaired) electrons. The van der Waals surface area contributed by atoms with Crippen molar-refractivity contribution >= 4 is 52.5 Å². The standard InChI is InChI=1S/C9H24O2Si4/c1-4(12)8(10)6(14)3-7(15)9(11)5(2)13/h4-7H,3H2,1-2,12-15H3. The van der Waals surface area contributed by atoms with Crippen molar-refractivity contribution in [1.29, 1.82) is 0 Å². The highest BCUT2D eigenvalue weighted by Gasteiger charge is 2.23. The molecule has 15 heavy (non-hydrogen) atoms. The molecule has 0 aromatic rings. The zero-order valence-electron chi connectivity index (χ0n) is 10.8. The third kappa shape index (κ3) is 5.18. The lowest BCUT2D eigenvalue weighted by atomic mass is 10.1. The predicted molar refractivity (Wildman–Crippen MR) is 80.7 cm³/mol. The quantitative estimate of drug-likeness (QED) is 0.490. The van der Waals surface area contributed by atoms with Crippen molar-refractivity contribution in [3.63, 3.8) is 0 Å². The largest absolute Gasteiger partial charge is 0.300 e. The van der Waals surface area contributed by atoms with Gasteiger partial charge in [-0.15, -0.1) is 0 Å². The van der Waals surface area contributed by atoms with Crippen LogP contribution in [0, 0.1) is 0 Å². The van der Waals surface area contributed by atoms with E-state index < -0.39 is 0 Å². The number of ketones is 2. The Kier molecular flexibility index (Phi) is 6.81. The Hall–Kier alpha value is 0.208. The maximum atomic E-state index is 11.8. The van der Waals surface area contributed by atoms with Crippen molar-refractivity contribution in [2.75, 3.05) is 0 Å². The van der Waals surface area contributed by atoms with Gasteiger partial charge in [-0.3, -0.25) is 9.59 Å². The SMILES string of the molecule is CC([SiH3])C(=O)C([SiH3])CC([SiH3])C(=O)C(C)[SiH3]. The van der Waals surface area contributed by atoms with Gasteiger partial charge in [0.15, 0.2) is 0 Å². The smallest absolute Gasteiger partial charge is 0.131 e. The Morgan fingerprint density at radius 3 is 1.33 bits per heavy atom. The molecule has 0 fully saturated rings. The van der Waals surface area contributed by atoms with E-state index in [-0.39, 0.29) is 22.2 Å². The van der Waals surface area contributed by atoms with E-state index in [4.69, 9.17) is 0 Å². The highest BCUT2D eigenvalue weighted by molar-refractivity contribution is 6.36. The first-order valence-electron chi connectivity index (χ1n) is 5.84. The van der Waals surface area contributed by atoms with Gasteiger partial charge in [0, 0.05) is 52.1 Å². The lowest BCUT2D eigenvalue weighted by Gasteiger charge is -2.18. The van der Waals surface area contributed by atoms with Crippen LogP contribution >= 0.6 is 0 Å². The van der Waals surface area contributed by atoms with E-state index in [9.17, 15) is 9.59 Å². The second-order valence-electron chi connectivity index (χ2n) is 5.15. The van der Waals surface area contributed by atoms with Crippen molar-refractivity contribution in [1.82, 2.24) is 0 Å². The summed E-state index contributed by atoms with van der Waals surface area (Å²) >= 11 is 0. The lowest BCUT2D eigenvalue weighted by Crippen LogP contribution is -2.20. The molecule has 0 aromatic carbocycles. The highest BCUT2D eigenvalue weighted by atomic mass is 28.2. The van der Waals surface area contributed by atoms with Gasteiger partial charge in [0.25, 0.3) is 0 Å². The molecule has 4 atom stereocenters. The molecule has 88 valence electrons. The average Bonchev–Trinajstić information content (AvgIpc) is 2.14. The summed E-state index contributed by atoms with van der Waals surface area (Å²) in [5.74, 6) is 0.839. The van der Waals surface area contributed by atoms with Crippen LogP contribution in [0.4, 0.5) is 0 Å².